The Morgan fingerprint density at radius 2 is 0.854 bits per heavy atom. The van der Waals surface area contributed by atoms with Crippen LogP contribution in [0.15, 0.2) is 109 Å². The van der Waals surface area contributed by atoms with E-state index in [9.17, 15) is 9.59 Å². The lowest BCUT2D eigenvalue weighted by Gasteiger charge is -2.09. The summed E-state index contributed by atoms with van der Waals surface area (Å²) in [7, 11) is 0. The van der Waals surface area contributed by atoms with Gasteiger partial charge in [-0.2, -0.15) is 0 Å². The van der Waals surface area contributed by atoms with Gasteiger partial charge in [-0.15, -0.1) is 0 Å². The predicted molar refractivity (Wildman–Crippen MR) is 158 cm³/mol. The molecule has 0 heterocycles. The maximum atomic E-state index is 12.0. The highest BCUT2D eigenvalue weighted by molar-refractivity contribution is 5.72. The van der Waals surface area contributed by atoms with Crippen molar-refractivity contribution >= 4 is 11.9 Å². The summed E-state index contributed by atoms with van der Waals surface area (Å²) in [6.07, 6.45) is 2.01. The van der Waals surface area contributed by atoms with Crippen LogP contribution in [0.4, 0.5) is 0 Å². The van der Waals surface area contributed by atoms with Crippen molar-refractivity contribution in [2.75, 3.05) is 13.2 Å². The largest absolute Gasteiger partial charge is 0.489 e. The highest BCUT2D eigenvalue weighted by atomic mass is 16.5. The van der Waals surface area contributed by atoms with E-state index >= 15 is 0 Å². The number of benzene rings is 4. The molecule has 0 aliphatic heterocycles. The lowest BCUT2D eigenvalue weighted by molar-refractivity contribution is -0.145. The Kier molecular flexibility index (Phi) is 11.8. The first-order valence-corrected chi connectivity index (χ1v) is 14.0. The minimum Gasteiger partial charge on any atom is -0.489 e. The molecule has 0 radical (unpaired) electrons. The van der Waals surface area contributed by atoms with Crippen molar-refractivity contribution in [1.29, 1.82) is 0 Å². The van der Waals surface area contributed by atoms with Crippen LogP contribution >= 0.6 is 0 Å². The van der Waals surface area contributed by atoms with E-state index in [4.69, 9.17) is 18.9 Å². The van der Waals surface area contributed by atoms with Gasteiger partial charge in [0.05, 0.1) is 13.2 Å². The smallest absolute Gasteiger partial charge is 0.305 e. The zero-order valence-electron chi connectivity index (χ0n) is 23.2. The molecule has 41 heavy (non-hydrogen) atoms. The molecule has 4 aromatic carbocycles. The first-order chi connectivity index (χ1) is 20.1. The van der Waals surface area contributed by atoms with Crippen LogP contribution in [-0.2, 0) is 45.1 Å². The first-order valence-electron chi connectivity index (χ1n) is 14.0. The molecule has 0 saturated carbocycles. The van der Waals surface area contributed by atoms with Gasteiger partial charge in [-0.25, -0.2) is 0 Å². The first kappa shape index (κ1) is 29.4. The van der Waals surface area contributed by atoms with Crippen LogP contribution in [0, 0.1) is 0 Å². The van der Waals surface area contributed by atoms with Gasteiger partial charge in [-0.3, -0.25) is 9.59 Å². The van der Waals surface area contributed by atoms with Gasteiger partial charge in [-0.05, 0) is 52.9 Å². The van der Waals surface area contributed by atoms with E-state index < -0.39 is 0 Å². The molecule has 0 fully saturated rings. The number of ether oxygens (including phenoxy) is 4. The van der Waals surface area contributed by atoms with E-state index in [1.165, 1.54) is 0 Å². The quantitative estimate of drug-likeness (QED) is 0.141. The van der Waals surface area contributed by atoms with Gasteiger partial charge < -0.3 is 18.9 Å². The van der Waals surface area contributed by atoms with E-state index in [2.05, 4.69) is 0 Å². The zero-order chi connectivity index (χ0) is 28.5. The van der Waals surface area contributed by atoms with Crippen molar-refractivity contribution < 1.29 is 28.5 Å². The molecule has 6 heteroatoms. The second-order valence-electron chi connectivity index (χ2n) is 9.63. The predicted octanol–water partition coefficient (Wildman–Crippen LogP) is 6.89. The summed E-state index contributed by atoms with van der Waals surface area (Å²) in [6.45, 7) is 1.63. The molecule has 212 valence electrons. The zero-order valence-corrected chi connectivity index (χ0v) is 23.2. The molecule has 4 aromatic rings. The Labute approximate surface area is 241 Å². The molecule has 0 unspecified atom stereocenters. The molecule has 0 saturated heterocycles. The van der Waals surface area contributed by atoms with Gasteiger partial charge >= 0.3 is 11.9 Å². The molecule has 0 aromatic heterocycles. The number of carbonyl (C=O) groups is 2. The van der Waals surface area contributed by atoms with Gasteiger partial charge in [0.2, 0.25) is 0 Å². The summed E-state index contributed by atoms with van der Waals surface area (Å²) in [5, 5.41) is 0. The minimum absolute atomic E-state index is 0.186. The summed E-state index contributed by atoms with van der Waals surface area (Å²) >= 11 is 0. The van der Waals surface area contributed by atoms with Crippen LogP contribution < -0.4 is 9.47 Å². The highest BCUT2D eigenvalue weighted by Crippen LogP contribution is 2.16. The Bertz CT molecular complexity index is 1210. The molecule has 0 aliphatic carbocycles. The highest BCUT2D eigenvalue weighted by Gasteiger charge is 2.08. The number of carbonyl (C=O) groups excluding carboxylic acids is 2. The van der Waals surface area contributed by atoms with Crippen molar-refractivity contribution in [3.05, 3.63) is 131 Å². The Morgan fingerprint density at radius 3 is 1.24 bits per heavy atom. The van der Waals surface area contributed by atoms with E-state index in [1.54, 1.807) is 0 Å². The van der Waals surface area contributed by atoms with Gasteiger partial charge in [0.1, 0.15) is 24.7 Å². The Morgan fingerprint density at radius 1 is 0.463 bits per heavy atom. The molecule has 0 N–H and O–H groups in total. The fraction of sp³-hybridized carbons (Fsp3) is 0.257. The molecule has 0 atom stereocenters. The average Bonchev–Trinajstić information content (AvgIpc) is 3.01. The van der Waals surface area contributed by atoms with Crippen molar-refractivity contribution in [2.24, 2.45) is 0 Å². The lowest BCUT2D eigenvalue weighted by atomic mass is 10.1. The normalized spacial score (nSPS) is 10.5. The van der Waals surface area contributed by atoms with E-state index in [0.717, 1.165) is 33.8 Å². The third kappa shape index (κ3) is 11.2. The summed E-state index contributed by atoms with van der Waals surface area (Å²) in [6, 6.07) is 35.6. The SMILES string of the molecule is O=C(CCCC(=O)OCCc1ccc(OCc2ccccc2)cc1)OCCc1ccc(OCc2ccccc2)cc1. The summed E-state index contributed by atoms with van der Waals surface area (Å²) in [5.74, 6) is 0.970. The molecule has 0 spiro atoms. The number of hydrogen-bond acceptors (Lipinski definition) is 6. The Hall–Kier alpha value is -4.58. The van der Waals surface area contributed by atoms with Crippen molar-refractivity contribution in [3.63, 3.8) is 0 Å². The molecule has 6 nitrogen and oxygen atoms in total. The fourth-order valence-corrected chi connectivity index (χ4v) is 4.07. The fourth-order valence-electron chi connectivity index (χ4n) is 4.07. The van der Waals surface area contributed by atoms with Crippen LogP contribution in [0.1, 0.15) is 41.5 Å². The van der Waals surface area contributed by atoms with E-state index in [0.29, 0.717) is 45.7 Å². The van der Waals surface area contributed by atoms with Crippen molar-refractivity contribution in [2.45, 2.75) is 45.3 Å². The maximum Gasteiger partial charge on any atom is 0.305 e. The molecule has 0 aliphatic rings. The third-order valence-corrected chi connectivity index (χ3v) is 6.41. The molecular weight excluding hydrogens is 516 g/mol. The second-order valence-corrected chi connectivity index (χ2v) is 9.63. The molecular formula is C35H36O6. The lowest BCUT2D eigenvalue weighted by Crippen LogP contribution is -2.11. The summed E-state index contributed by atoms with van der Waals surface area (Å²) in [4.78, 5) is 24.1. The standard InChI is InChI=1S/C35H36O6/c36-34(38-24-22-28-14-18-32(19-15-28)40-26-30-8-3-1-4-9-30)12-7-13-35(37)39-25-23-29-16-20-33(21-17-29)41-27-31-10-5-2-6-11-31/h1-6,8-11,14-21H,7,12-13,22-27H2. The molecule has 0 amide bonds. The minimum atomic E-state index is -0.310. The number of rotatable bonds is 16. The van der Waals surface area contributed by atoms with Crippen LogP contribution in [0.25, 0.3) is 0 Å². The number of esters is 2. The van der Waals surface area contributed by atoms with Crippen LogP contribution in [0.5, 0.6) is 11.5 Å². The van der Waals surface area contributed by atoms with Gasteiger partial charge in [0.15, 0.2) is 0 Å². The van der Waals surface area contributed by atoms with Crippen molar-refractivity contribution in [1.82, 2.24) is 0 Å². The van der Waals surface area contributed by atoms with Crippen LogP contribution in [-0.4, -0.2) is 25.2 Å². The van der Waals surface area contributed by atoms with Crippen molar-refractivity contribution in [3.8, 4) is 11.5 Å². The van der Waals surface area contributed by atoms with E-state index in [1.807, 2.05) is 109 Å². The van der Waals surface area contributed by atoms with Gasteiger partial charge in [0.25, 0.3) is 0 Å². The van der Waals surface area contributed by atoms with Gasteiger partial charge in [0, 0.05) is 25.7 Å². The molecule has 4 rings (SSSR count). The number of hydrogen-bond donors (Lipinski definition) is 0. The topological polar surface area (TPSA) is 71.1 Å². The van der Waals surface area contributed by atoms with Crippen LogP contribution in [0.2, 0.25) is 0 Å². The second kappa shape index (κ2) is 16.5. The maximum absolute atomic E-state index is 12.0. The average molecular weight is 553 g/mol. The van der Waals surface area contributed by atoms with Gasteiger partial charge in [-0.1, -0.05) is 84.9 Å². The monoisotopic (exact) mass is 552 g/mol. The molecule has 0 bridgehead atoms. The van der Waals surface area contributed by atoms with E-state index in [-0.39, 0.29) is 24.8 Å². The Balaban J connectivity index is 1.02. The van der Waals surface area contributed by atoms with Crippen LogP contribution in [0.3, 0.4) is 0 Å². The summed E-state index contributed by atoms with van der Waals surface area (Å²) < 4.78 is 22.2. The summed E-state index contributed by atoms with van der Waals surface area (Å²) in [5.41, 5.74) is 4.35. The third-order valence-electron chi connectivity index (χ3n) is 6.41.